The zero-order chi connectivity index (χ0) is 22.0. The van der Waals surface area contributed by atoms with E-state index in [1.54, 1.807) is 18.3 Å². The van der Waals surface area contributed by atoms with Crippen molar-refractivity contribution in [3.8, 4) is 11.3 Å². The van der Waals surface area contributed by atoms with Gasteiger partial charge in [-0.25, -0.2) is 4.98 Å². The first-order valence-electron chi connectivity index (χ1n) is 10.2. The van der Waals surface area contributed by atoms with Crippen LogP contribution in [0.4, 0.5) is 8.78 Å². The highest BCUT2D eigenvalue weighted by molar-refractivity contribution is 5.85. The minimum absolute atomic E-state index is 0.408. The van der Waals surface area contributed by atoms with Crippen LogP contribution in [0.5, 0.6) is 0 Å². The number of nitrogens with zero attached hydrogens (tertiary/aromatic N) is 2. The van der Waals surface area contributed by atoms with Gasteiger partial charge in [0.05, 0.1) is 5.69 Å². The molecule has 0 saturated heterocycles. The topological polar surface area (TPSA) is 49.6 Å². The number of nitrogens with one attached hydrogen (secondary N) is 1. The molecule has 0 amide bonds. The molecular weight excluding hydrogens is 392 g/mol. The maximum atomic E-state index is 13.9. The Kier molecular flexibility index (Phi) is 5.59. The van der Waals surface area contributed by atoms with Crippen molar-refractivity contribution < 1.29 is 8.78 Å². The Morgan fingerprint density at radius 3 is 2.65 bits per heavy atom. The van der Waals surface area contributed by atoms with Crippen molar-refractivity contribution >= 4 is 5.97 Å². The summed E-state index contributed by atoms with van der Waals surface area (Å²) in [5, 5.41) is 7.31. The fraction of sp³-hybridized carbons (Fsp3) is 0.192. The quantitative estimate of drug-likeness (QED) is 0.286. The van der Waals surface area contributed by atoms with E-state index in [-0.39, 0.29) is 0 Å². The molecule has 0 fully saturated rings. The molecule has 1 aliphatic rings. The molecule has 2 aromatic heterocycles. The fourth-order valence-corrected chi connectivity index (χ4v) is 4.60. The first kappa shape index (κ1) is 20.8. The van der Waals surface area contributed by atoms with Crippen LogP contribution >= 0.6 is 0 Å². The number of aromatic nitrogens is 2. The predicted molar refractivity (Wildman–Crippen MR) is 119 cm³/mol. The molecule has 156 valence electrons. The highest BCUT2D eigenvalue weighted by Gasteiger charge is 2.44. The fourth-order valence-electron chi connectivity index (χ4n) is 4.60. The minimum atomic E-state index is -1.02. The average Bonchev–Trinajstić information content (AvgIpc) is 3.02. The lowest BCUT2D eigenvalue weighted by Crippen LogP contribution is -2.29. The molecule has 5 heteroatoms. The van der Waals surface area contributed by atoms with Gasteiger partial charge >= 0.3 is 0 Å². The zero-order valence-electron chi connectivity index (χ0n) is 17.3. The van der Waals surface area contributed by atoms with Crippen LogP contribution in [0.2, 0.25) is 0 Å². The lowest BCUT2D eigenvalue weighted by atomic mass is 9.69. The smallest absolute Gasteiger partial charge is 0.213 e. The maximum absolute atomic E-state index is 13.9. The van der Waals surface area contributed by atoms with E-state index in [0.717, 1.165) is 34.4 Å². The minimum Gasteiger partial charge on any atom is -0.274 e. The molecule has 2 heterocycles. The molecule has 0 bridgehead atoms. The van der Waals surface area contributed by atoms with Gasteiger partial charge in [-0.15, -0.1) is 0 Å². The van der Waals surface area contributed by atoms with Gasteiger partial charge in [0.15, 0.2) is 0 Å². The van der Waals surface area contributed by atoms with E-state index in [1.807, 2.05) is 12.1 Å². The SMILES string of the molecule is C=C/C(=C\C(=N)F)CC1(Cc2ccnc(F)c2)c2cc(CC)ccc2-c2ncccc21. The average molecular weight is 415 g/mol. The van der Waals surface area contributed by atoms with E-state index in [2.05, 4.69) is 41.7 Å². The van der Waals surface area contributed by atoms with Crippen LogP contribution in [0.15, 0.2) is 79.2 Å². The zero-order valence-corrected chi connectivity index (χ0v) is 17.3. The second-order valence-corrected chi connectivity index (χ2v) is 7.83. The van der Waals surface area contributed by atoms with Crippen molar-refractivity contribution in [3.63, 3.8) is 0 Å². The van der Waals surface area contributed by atoms with Crippen molar-refractivity contribution in [2.24, 2.45) is 0 Å². The van der Waals surface area contributed by atoms with E-state index >= 15 is 0 Å². The van der Waals surface area contributed by atoms with Crippen molar-refractivity contribution in [2.75, 3.05) is 0 Å². The molecule has 0 radical (unpaired) electrons. The molecule has 0 aliphatic heterocycles. The van der Waals surface area contributed by atoms with E-state index in [1.165, 1.54) is 23.9 Å². The van der Waals surface area contributed by atoms with Gasteiger partial charge in [-0.2, -0.15) is 8.78 Å². The van der Waals surface area contributed by atoms with Crippen molar-refractivity contribution in [1.82, 2.24) is 9.97 Å². The third-order valence-corrected chi connectivity index (χ3v) is 5.96. The van der Waals surface area contributed by atoms with Gasteiger partial charge in [-0.3, -0.25) is 10.4 Å². The summed E-state index contributed by atoms with van der Waals surface area (Å²) in [6, 6.07) is 13.5. The summed E-state index contributed by atoms with van der Waals surface area (Å²) >= 11 is 0. The molecule has 3 nitrogen and oxygen atoms in total. The first-order chi connectivity index (χ1) is 15.0. The molecule has 1 N–H and O–H groups in total. The predicted octanol–water partition coefficient (Wildman–Crippen LogP) is 6.14. The van der Waals surface area contributed by atoms with Crippen LogP contribution in [0, 0.1) is 11.4 Å². The Bertz CT molecular complexity index is 1200. The molecule has 1 unspecified atom stereocenters. The van der Waals surface area contributed by atoms with Crippen LogP contribution in [0.25, 0.3) is 11.3 Å². The number of benzene rings is 1. The molecule has 4 rings (SSSR count). The van der Waals surface area contributed by atoms with Gasteiger partial charge in [0, 0.05) is 23.4 Å². The summed E-state index contributed by atoms with van der Waals surface area (Å²) in [5.41, 5.74) is 5.97. The molecule has 1 atom stereocenters. The van der Waals surface area contributed by atoms with Gasteiger partial charge < -0.3 is 0 Å². The van der Waals surface area contributed by atoms with Crippen molar-refractivity contribution in [3.05, 3.63) is 107 Å². The van der Waals surface area contributed by atoms with E-state index in [4.69, 9.17) is 5.41 Å². The Morgan fingerprint density at radius 2 is 1.94 bits per heavy atom. The summed E-state index contributed by atoms with van der Waals surface area (Å²) in [6.07, 6.45) is 7.76. The normalized spacial score (nSPS) is 17.2. The largest absolute Gasteiger partial charge is 0.274 e. The summed E-state index contributed by atoms with van der Waals surface area (Å²) in [7, 11) is 0. The first-order valence-corrected chi connectivity index (χ1v) is 10.2. The maximum Gasteiger partial charge on any atom is 0.213 e. The third-order valence-electron chi connectivity index (χ3n) is 5.96. The van der Waals surface area contributed by atoms with Gasteiger partial charge in [-0.1, -0.05) is 43.8 Å². The Morgan fingerprint density at radius 1 is 1.10 bits per heavy atom. The van der Waals surface area contributed by atoms with Crippen LogP contribution in [-0.2, 0) is 18.3 Å². The number of halogens is 2. The van der Waals surface area contributed by atoms with E-state index in [0.29, 0.717) is 18.4 Å². The lowest BCUT2D eigenvalue weighted by molar-refractivity contribution is 0.515. The molecule has 3 aromatic rings. The Balaban J connectivity index is 1.99. The van der Waals surface area contributed by atoms with Crippen LogP contribution < -0.4 is 0 Å². The molecule has 0 saturated carbocycles. The summed E-state index contributed by atoms with van der Waals surface area (Å²) in [6.45, 7) is 5.94. The number of rotatable bonds is 7. The molecule has 1 aromatic carbocycles. The Hall–Kier alpha value is -3.47. The van der Waals surface area contributed by atoms with Crippen molar-refractivity contribution in [2.45, 2.75) is 31.6 Å². The number of aryl methyl sites for hydroxylation is 1. The van der Waals surface area contributed by atoms with Gasteiger partial charge in [0.2, 0.25) is 11.9 Å². The lowest BCUT2D eigenvalue weighted by Gasteiger charge is -2.33. The molecular formula is C26H23F2N3. The monoisotopic (exact) mass is 415 g/mol. The number of allylic oxidation sites excluding steroid dienone is 3. The summed E-state index contributed by atoms with van der Waals surface area (Å²) in [5.74, 6) is -1.56. The number of hydrogen-bond donors (Lipinski definition) is 1. The summed E-state index contributed by atoms with van der Waals surface area (Å²) < 4.78 is 27.5. The van der Waals surface area contributed by atoms with Gasteiger partial charge in [-0.05, 0) is 71.4 Å². The number of fused-ring (bicyclic) bond motifs is 3. The standard InChI is InChI=1S/C26H23F2N3/c1-3-17-7-8-20-22(12-17)26(15-18(4-2)13-23(27)29,21-6-5-10-31-25(20)21)16-19-9-11-30-24(28)14-19/h4-14,29H,2-3,15-16H2,1H3/b18-13+,29-23?. The highest BCUT2D eigenvalue weighted by Crippen LogP contribution is 2.53. The Labute approximate surface area is 180 Å². The van der Waals surface area contributed by atoms with Crippen LogP contribution in [-0.4, -0.2) is 15.9 Å². The van der Waals surface area contributed by atoms with Gasteiger partial charge in [0.1, 0.15) is 0 Å². The number of pyridine rings is 2. The van der Waals surface area contributed by atoms with Gasteiger partial charge in [0.25, 0.3) is 0 Å². The third kappa shape index (κ3) is 3.83. The highest BCUT2D eigenvalue weighted by atomic mass is 19.1. The van der Waals surface area contributed by atoms with E-state index in [9.17, 15) is 8.78 Å². The summed E-state index contributed by atoms with van der Waals surface area (Å²) in [4.78, 5) is 8.34. The van der Waals surface area contributed by atoms with Crippen LogP contribution in [0.3, 0.4) is 0 Å². The molecule has 0 spiro atoms. The second-order valence-electron chi connectivity index (χ2n) is 7.83. The van der Waals surface area contributed by atoms with Crippen molar-refractivity contribution in [1.29, 1.82) is 5.41 Å². The van der Waals surface area contributed by atoms with E-state index < -0.39 is 17.3 Å². The molecule has 1 aliphatic carbocycles. The molecule has 31 heavy (non-hydrogen) atoms. The second kappa shape index (κ2) is 8.34. The number of hydrogen-bond acceptors (Lipinski definition) is 3. The van der Waals surface area contributed by atoms with Crippen LogP contribution in [0.1, 0.15) is 35.6 Å².